The number of carbonyl (C=O) groups excluding carboxylic acids is 3. The van der Waals surface area contributed by atoms with Crippen LogP contribution in [-0.2, 0) is 23.2 Å². The van der Waals surface area contributed by atoms with E-state index in [1.54, 1.807) is 4.90 Å². The highest BCUT2D eigenvalue weighted by atomic mass is 16.2. The lowest BCUT2D eigenvalue weighted by Gasteiger charge is -2.29. The first-order chi connectivity index (χ1) is 16.4. The quantitative estimate of drug-likeness (QED) is 0.465. The number of hydrogen-bond donors (Lipinski definition) is 2. The molecule has 4 heterocycles. The van der Waals surface area contributed by atoms with Crippen molar-refractivity contribution in [3.63, 3.8) is 0 Å². The van der Waals surface area contributed by atoms with Crippen molar-refractivity contribution in [2.45, 2.75) is 32.4 Å². The highest BCUT2D eigenvalue weighted by Gasteiger charge is 2.39. The predicted octanol–water partition coefficient (Wildman–Crippen LogP) is 3.30. The van der Waals surface area contributed by atoms with E-state index in [9.17, 15) is 14.4 Å². The van der Waals surface area contributed by atoms with E-state index in [-0.39, 0.29) is 18.2 Å². The van der Waals surface area contributed by atoms with Gasteiger partial charge in [0.1, 0.15) is 6.04 Å². The van der Waals surface area contributed by atoms with E-state index in [1.165, 1.54) is 10.9 Å². The number of aromatic nitrogens is 3. The molecule has 0 bridgehead atoms. The number of carbonyl (C=O) groups is 3. The molecule has 0 saturated carbocycles. The SMILES string of the molecule is Cc1c[nH]c2cc(-c3c(-c4ccc5c(c4)CN([C@H]4CCC(=O)NC4=O)C5=O)cnn3C)ccc12. The van der Waals surface area contributed by atoms with Crippen LogP contribution in [0.3, 0.4) is 0 Å². The van der Waals surface area contributed by atoms with E-state index >= 15 is 0 Å². The minimum Gasteiger partial charge on any atom is -0.361 e. The molecule has 8 heteroatoms. The van der Waals surface area contributed by atoms with Crippen molar-refractivity contribution in [1.82, 2.24) is 25.0 Å². The lowest BCUT2D eigenvalue weighted by atomic mass is 9.97. The number of hydrogen-bond acceptors (Lipinski definition) is 4. The van der Waals surface area contributed by atoms with Crippen molar-refractivity contribution < 1.29 is 14.4 Å². The average molecular weight is 454 g/mol. The van der Waals surface area contributed by atoms with Crippen LogP contribution in [0.2, 0.25) is 0 Å². The molecule has 4 aromatic rings. The van der Waals surface area contributed by atoms with Crippen molar-refractivity contribution in [2.24, 2.45) is 7.05 Å². The number of nitrogens with one attached hydrogen (secondary N) is 2. The van der Waals surface area contributed by atoms with Gasteiger partial charge in [0, 0.05) is 53.8 Å². The summed E-state index contributed by atoms with van der Waals surface area (Å²) in [5.41, 5.74) is 7.71. The summed E-state index contributed by atoms with van der Waals surface area (Å²) in [7, 11) is 1.92. The average Bonchev–Trinajstić information content (AvgIpc) is 3.49. The van der Waals surface area contributed by atoms with Crippen molar-refractivity contribution >= 4 is 28.6 Å². The molecule has 2 N–H and O–H groups in total. The fourth-order valence-electron chi connectivity index (χ4n) is 5.15. The molecule has 3 amide bonds. The maximum Gasteiger partial charge on any atom is 0.255 e. The zero-order chi connectivity index (χ0) is 23.6. The third-order valence-corrected chi connectivity index (χ3v) is 6.94. The minimum atomic E-state index is -0.619. The number of fused-ring (bicyclic) bond motifs is 2. The van der Waals surface area contributed by atoms with Gasteiger partial charge in [-0.3, -0.25) is 24.4 Å². The topological polar surface area (TPSA) is 100 Å². The second-order valence-corrected chi connectivity index (χ2v) is 9.03. The Hall–Kier alpha value is -4.20. The number of H-pyrrole nitrogens is 1. The molecule has 2 aliphatic heterocycles. The molecule has 0 radical (unpaired) electrons. The van der Waals surface area contributed by atoms with Crippen LogP contribution in [0.1, 0.15) is 34.3 Å². The first kappa shape index (κ1) is 20.4. The van der Waals surface area contributed by atoms with Crippen LogP contribution in [0.15, 0.2) is 48.8 Å². The van der Waals surface area contributed by atoms with Gasteiger partial charge in [0.15, 0.2) is 0 Å². The van der Waals surface area contributed by atoms with Crippen LogP contribution in [0, 0.1) is 6.92 Å². The number of imide groups is 1. The third-order valence-electron chi connectivity index (χ3n) is 6.94. The van der Waals surface area contributed by atoms with Crippen molar-refractivity contribution in [2.75, 3.05) is 0 Å². The van der Waals surface area contributed by atoms with Gasteiger partial charge in [-0.15, -0.1) is 0 Å². The van der Waals surface area contributed by atoms with Gasteiger partial charge in [-0.25, -0.2) is 0 Å². The summed E-state index contributed by atoms with van der Waals surface area (Å²) in [6.07, 6.45) is 4.44. The van der Waals surface area contributed by atoms with Crippen LogP contribution in [0.4, 0.5) is 0 Å². The van der Waals surface area contributed by atoms with E-state index in [0.29, 0.717) is 18.5 Å². The van der Waals surface area contributed by atoms with Gasteiger partial charge in [0.2, 0.25) is 11.8 Å². The van der Waals surface area contributed by atoms with Crippen molar-refractivity contribution in [1.29, 1.82) is 0 Å². The summed E-state index contributed by atoms with van der Waals surface area (Å²) < 4.78 is 1.86. The van der Waals surface area contributed by atoms with Gasteiger partial charge in [-0.1, -0.05) is 18.2 Å². The van der Waals surface area contributed by atoms with E-state index in [0.717, 1.165) is 33.5 Å². The highest BCUT2D eigenvalue weighted by Crippen LogP contribution is 2.36. The number of rotatable bonds is 3. The van der Waals surface area contributed by atoms with Crippen molar-refractivity contribution in [3.05, 3.63) is 65.5 Å². The number of aromatic amines is 1. The Morgan fingerprint density at radius 2 is 1.85 bits per heavy atom. The Morgan fingerprint density at radius 3 is 2.68 bits per heavy atom. The zero-order valence-corrected chi connectivity index (χ0v) is 18.9. The van der Waals surface area contributed by atoms with Gasteiger partial charge in [-0.05, 0) is 48.2 Å². The largest absolute Gasteiger partial charge is 0.361 e. The summed E-state index contributed by atoms with van der Waals surface area (Å²) in [5.74, 6) is -0.860. The maximum atomic E-state index is 13.0. The van der Waals surface area contributed by atoms with Gasteiger partial charge >= 0.3 is 0 Å². The molecule has 6 rings (SSSR count). The van der Waals surface area contributed by atoms with E-state index in [2.05, 4.69) is 40.5 Å². The van der Waals surface area contributed by atoms with E-state index in [4.69, 9.17) is 0 Å². The Kier molecular flexibility index (Phi) is 4.45. The molecule has 1 saturated heterocycles. The minimum absolute atomic E-state index is 0.171. The Balaban J connectivity index is 1.36. The summed E-state index contributed by atoms with van der Waals surface area (Å²) in [4.78, 5) is 41.8. The molecule has 34 heavy (non-hydrogen) atoms. The molecule has 0 unspecified atom stereocenters. The lowest BCUT2D eigenvalue weighted by Crippen LogP contribution is -2.52. The number of amides is 3. The van der Waals surface area contributed by atoms with E-state index in [1.807, 2.05) is 42.3 Å². The van der Waals surface area contributed by atoms with E-state index < -0.39 is 11.9 Å². The van der Waals surface area contributed by atoms with Gasteiger partial charge in [-0.2, -0.15) is 5.10 Å². The van der Waals surface area contributed by atoms with Gasteiger partial charge in [0.25, 0.3) is 5.91 Å². The highest BCUT2D eigenvalue weighted by molar-refractivity contribution is 6.05. The molecule has 170 valence electrons. The fraction of sp³-hybridized carbons (Fsp3) is 0.231. The Bertz CT molecular complexity index is 1510. The molecule has 2 aliphatic rings. The molecule has 1 fully saturated rings. The molecule has 2 aromatic heterocycles. The summed E-state index contributed by atoms with van der Waals surface area (Å²) in [6, 6.07) is 11.5. The molecular weight excluding hydrogens is 430 g/mol. The first-order valence-electron chi connectivity index (χ1n) is 11.3. The van der Waals surface area contributed by atoms with Crippen molar-refractivity contribution in [3.8, 4) is 22.4 Å². The van der Waals surface area contributed by atoms with Gasteiger partial charge in [0.05, 0.1) is 11.9 Å². The normalized spacial score (nSPS) is 18.0. The molecule has 0 aliphatic carbocycles. The maximum absolute atomic E-state index is 13.0. The number of aryl methyl sites for hydroxylation is 2. The molecule has 1 atom stereocenters. The van der Waals surface area contributed by atoms with Crippen LogP contribution in [0.5, 0.6) is 0 Å². The summed E-state index contributed by atoms with van der Waals surface area (Å²) in [5, 5.41) is 8.05. The monoisotopic (exact) mass is 453 g/mol. The fourth-order valence-corrected chi connectivity index (χ4v) is 5.15. The number of benzene rings is 2. The van der Waals surface area contributed by atoms with Crippen LogP contribution >= 0.6 is 0 Å². The number of nitrogens with zero attached hydrogens (tertiary/aromatic N) is 3. The lowest BCUT2D eigenvalue weighted by molar-refractivity contribution is -0.136. The predicted molar refractivity (Wildman–Crippen MR) is 127 cm³/mol. The number of piperidine rings is 1. The Labute approximate surface area is 195 Å². The second-order valence-electron chi connectivity index (χ2n) is 9.03. The third kappa shape index (κ3) is 3.06. The zero-order valence-electron chi connectivity index (χ0n) is 18.9. The molecular formula is C26H23N5O3. The van der Waals surface area contributed by atoms with Crippen LogP contribution in [-0.4, -0.2) is 43.4 Å². The molecule has 2 aromatic carbocycles. The van der Waals surface area contributed by atoms with Crippen LogP contribution in [0.25, 0.3) is 33.3 Å². The second kappa shape index (κ2) is 7.41. The molecule has 8 nitrogen and oxygen atoms in total. The summed E-state index contributed by atoms with van der Waals surface area (Å²) >= 11 is 0. The van der Waals surface area contributed by atoms with Crippen LogP contribution < -0.4 is 5.32 Å². The standard InChI is InChI=1S/C26H23N5O3/c1-14-11-27-21-10-16(4-5-18(14)21)24-20(12-28-30(24)2)15-3-6-19-17(9-15)13-31(26(19)34)22-7-8-23(32)29-25(22)33/h3-6,9-12,22,27H,7-8,13H2,1-2H3,(H,29,32,33)/t22-/m0/s1. The summed E-state index contributed by atoms with van der Waals surface area (Å²) in [6.45, 7) is 2.43. The molecule has 0 spiro atoms. The Morgan fingerprint density at radius 1 is 1.03 bits per heavy atom. The first-order valence-corrected chi connectivity index (χ1v) is 11.3. The van der Waals surface area contributed by atoms with Gasteiger partial charge < -0.3 is 9.88 Å². The smallest absolute Gasteiger partial charge is 0.255 e.